The number of carbonyl (C=O) groups is 1. The summed E-state index contributed by atoms with van der Waals surface area (Å²) in [6, 6.07) is 12.0. The van der Waals surface area contributed by atoms with E-state index in [0.717, 1.165) is 49.9 Å². The molecule has 1 aliphatic heterocycles. The molecule has 0 saturated carbocycles. The molecule has 1 fully saturated rings. The maximum atomic E-state index is 12.2. The van der Waals surface area contributed by atoms with E-state index in [4.69, 9.17) is 4.42 Å². The van der Waals surface area contributed by atoms with Crippen LogP contribution >= 0.6 is 0 Å². The van der Waals surface area contributed by atoms with Gasteiger partial charge in [0, 0.05) is 39.8 Å². The Bertz CT molecular complexity index is 841. The van der Waals surface area contributed by atoms with Crippen molar-refractivity contribution in [3.8, 4) is 0 Å². The van der Waals surface area contributed by atoms with E-state index in [1.165, 1.54) is 19.3 Å². The number of likely N-dealkylation sites (tertiary alicyclic amines) is 1. The summed E-state index contributed by atoms with van der Waals surface area (Å²) in [5.41, 5.74) is 1.84. The van der Waals surface area contributed by atoms with E-state index in [1.54, 1.807) is 32.3 Å². The first-order chi connectivity index (χ1) is 15.1. The third-order valence-electron chi connectivity index (χ3n) is 5.68. The number of nitrogens with zero attached hydrogens (tertiary/aromatic N) is 3. The Morgan fingerprint density at radius 2 is 1.97 bits per heavy atom. The van der Waals surface area contributed by atoms with Crippen molar-refractivity contribution in [2.75, 3.05) is 47.3 Å². The molecular weight excluding hydrogens is 390 g/mol. The first-order valence-electron chi connectivity index (χ1n) is 11.1. The van der Waals surface area contributed by atoms with E-state index < -0.39 is 0 Å². The molecule has 0 bridgehead atoms. The normalized spacial score (nSPS) is 16.0. The standard InChI is InChI=1S/C24H35N5O2/c1-25-24(26-13-12-19-9-7-10-20(17-19)23(30)28(2)3)27-18-21(22-11-8-16-31-22)29-14-5-4-6-15-29/h7-11,16-17,21H,4-6,12-15,18H2,1-3H3,(H2,25,26,27). The van der Waals surface area contributed by atoms with Gasteiger partial charge < -0.3 is 20.0 Å². The summed E-state index contributed by atoms with van der Waals surface area (Å²) >= 11 is 0. The zero-order valence-corrected chi connectivity index (χ0v) is 18.9. The summed E-state index contributed by atoms with van der Waals surface area (Å²) in [6.45, 7) is 3.66. The van der Waals surface area contributed by atoms with Gasteiger partial charge in [-0.2, -0.15) is 0 Å². The van der Waals surface area contributed by atoms with Crippen molar-refractivity contribution in [2.45, 2.75) is 31.7 Å². The minimum Gasteiger partial charge on any atom is -0.468 e. The summed E-state index contributed by atoms with van der Waals surface area (Å²) in [5.74, 6) is 1.79. The van der Waals surface area contributed by atoms with Gasteiger partial charge in [0.2, 0.25) is 0 Å². The average molecular weight is 426 g/mol. The fraction of sp³-hybridized carbons (Fsp3) is 0.500. The van der Waals surface area contributed by atoms with Crippen LogP contribution in [0.2, 0.25) is 0 Å². The molecule has 1 amide bonds. The van der Waals surface area contributed by atoms with Crippen LogP contribution in [0.15, 0.2) is 52.1 Å². The van der Waals surface area contributed by atoms with E-state index in [-0.39, 0.29) is 11.9 Å². The number of hydrogen-bond donors (Lipinski definition) is 2. The monoisotopic (exact) mass is 425 g/mol. The van der Waals surface area contributed by atoms with Gasteiger partial charge in [-0.05, 0) is 62.2 Å². The molecule has 0 spiro atoms. The maximum absolute atomic E-state index is 12.2. The highest BCUT2D eigenvalue weighted by Gasteiger charge is 2.24. The Balaban J connectivity index is 1.52. The molecule has 3 rings (SSSR count). The molecule has 2 aromatic rings. The number of piperidine rings is 1. The summed E-state index contributed by atoms with van der Waals surface area (Å²) in [6.07, 6.45) is 6.33. The molecule has 7 heteroatoms. The number of hydrogen-bond acceptors (Lipinski definition) is 4. The highest BCUT2D eigenvalue weighted by atomic mass is 16.3. The topological polar surface area (TPSA) is 73.1 Å². The summed E-state index contributed by atoms with van der Waals surface area (Å²) in [4.78, 5) is 20.6. The number of aliphatic imine (C=N–C) groups is 1. The van der Waals surface area contributed by atoms with Crippen molar-refractivity contribution in [3.63, 3.8) is 0 Å². The number of benzene rings is 1. The lowest BCUT2D eigenvalue weighted by atomic mass is 10.1. The van der Waals surface area contributed by atoms with Gasteiger partial charge in [0.05, 0.1) is 12.3 Å². The lowest BCUT2D eigenvalue weighted by Crippen LogP contribution is -2.44. The van der Waals surface area contributed by atoms with Crippen LogP contribution in [0.5, 0.6) is 0 Å². The fourth-order valence-corrected chi connectivity index (χ4v) is 3.98. The predicted octanol–water partition coefficient (Wildman–Crippen LogP) is 2.92. The maximum Gasteiger partial charge on any atom is 0.253 e. The molecule has 2 heterocycles. The van der Waals surface area contributed by atoms with E-state index >= 15 is 0 Å². The third kappa shape index (κ3) is 6.59. The molecule has 1 atom stereocenters. The van der Waals surface area contributed by atoms with Crippen molar-refractivity contribution in [2.24, 2.45) is 4.99 Å². The van der Waals surface area contributed by atoms with Gasteiger partial charge in [0.25, 0.3) is 5.91 Å². The molecule has 0 aliphatic carbocycles. The van der Waals surface area contributed by atoms with Crippen molar-refractivity contribution in [1.82, 2.24) is 20.4 Å². The molecular formula is C24H35N5O2. The van der Waals surface area contributed by atoms with Crippen LogP contribution in [-0.2, 0) is 6.42 Å². The van der Waals surface area contributed by atoms with Crippen molar-refractivity contribution < 1.29 is 9.21 Å². The second kappa shape index (κ2) is 11.6. The van der Waals surface area contributed by atoms with Gasteiger partial charge in [0.15, 0.2) is 5.96 Å². The number of amides is 1. The third-order valence-corrected chi connectivity index (χ3v) is 5.68. The molecule has 31 heavy (non-hydrogen) atoms. The van der Waals surface area contributed by atoms with Gasteiger partial charge in [0.1, 0.15) is 5.76 Å². The van der Waals surface area contributed by atoms with Crippen LogP contribution < -0.4 is 10.6 Å². The Morgan fingerprint density at radius 3 is 2.65 bits per heavy atom. The first-order valence-corrected chi connectivity index (χ1v) is 11.1. The van der Waals surface area contributed by atoms with Gasteiger partial charge in [-0.25, -0.2) is 0 Å². The molecule has 1 aliphatic rings. The Morgan fingerprint density at radius 1 is 1.16 bits per heavy atom. The number of guanidine groups is 1. The number of furan rings is 1. The van der Waals surface area contributed by atoms with Gasteiger partial charge in [-0.1, -0.05) is 18.6 Å². The van der Waals surface area contributed by atoms with Crippen molar-refractivity contribution in [1.29, 1.82) is 0 Å². The van der Waals surface area contributed by atoms with Crippen LogP contribution in [-0.4, -0.2) is 69.0 Å². The fourth-order valence-electron chi connectivity index (χ4n) is 3.98. The van der Waals surface area contributed by atoms with E-state index in [9.17, 15) is 4.79 Å². The van der Waals surface area contributed by atoms with Crippen molar-refractivity contribution in [3.05, 3.63) is 59.5 Å². The van der Waals surface area contributed by atoms with E-state index in [1.807, 2.05) is 30.3 Å². The number of nitrogens with one attached hydrogen (secondary N) is 2. The van der Waals surface area contributed by atoms with Crippen LogP contribution in [0.1, 0.15) is 47.0 Å². The van der Waals surface area contributed by atoms with Crippen LogP contribution in [0.4, 0.5) is 0 Å². The summed E-state index contributed by atoms with van der Waals surface area (Å²) in [7, 11) is 5.33. The molecule has 2 N–H and O–H groups in total. The molecule has 168 valence electrons. The predicted molar refractivity (Wildman–Crippen MR) is 124 cm³/mol. The van der Waals surface area contributed by atoms with Crippen LogP contribution in [0, 0.1) is 0 Å². The first kappa shape index (κ1) is 22.9. The second-order valence-electron chi connectivity index (χ2n) is 8.16. The minimum absolute atomic E-state index is 0.0222. The SMILES string of the molecule is CN=C(NCCc1cccc(C(=O)N(C)C)c1)NCC(c1ccco1)N1CCCCC1. The van der Waals surface area contributed by atoms with E-state index in [2.05, 4.69) is 26.6 Å². The zero-order chi connectivity index (χ0) is 22.1. The largest absolute Gasteiger partial charge is 0.468 e. The molecule has 1 saturated heterocycles. The Hall–Kier alpha value is -2.80. The molecule has 1 aromatic heterocycles. The lowest BCUT2D eigenvalue weighted by molar-refractivity contribution is 0.0827. The number of rotatable bonds is 8. The minimum atomic E-state index is 0.0222. The van der Waals surface area contributed by atoms with E-state index in [0.29, 0.717) is 5.56 Å². The zero-order valence-electron chi connectivity index (χ0n) is 18.9. The van der Waals surface area contributed by atoms with Gasteiger partial charge in [-0.3, -0.25) is 14.7 Å². The summed E-state index contributed by atoms with van der Waals surface area (Å²) < 4.78 is 5.73. The number of carbonyl (C=O) groups excluding carboxylic acids is 1. The van der Waals surface area contributed by atoms with Crippen molar-refractivity contribution >= 4 is 11.9 Å². The molecule has 0 radical (unpaired) electrons. The van der Waals surface area contributed by atoms with Gasteiger partial charge in [-0.15, -0.1) is 0 Å². The smallest absolute Gasteiger partial charge is 0.253 e. The van der Waals surface area contributed by atoms with Gasteiger partial charge >= 0.3 is 0 Å². The lowest BCUT2D eigenvalue weighted by Gasteiger charge is -2.33. The second-order valence-corrected chi connectivity index (χ2v) is 8.16. The highest BCUT2D eigenvalue weighted by Crippen LogP contribution is 2.24. The Kier molecular flexibility index (Phi) is 8.53. The quantitative estimate of drug-likeness (QED) is 0.503. The molecule has 1 unspecified atom stereocenters. The highest BCUT2D eigenvalue weighted by molar-refractivity contribution is 5.94. The van der Waals surface area contributed by atoms with Crippen LogP contribution in [0.25, 0.3) is 0 Å². The molecule has 7 nitrogen and oxygen atoms in total. The average Bonchev–Trinajstić information content (AvgIpc) is 3.33. The Labute approximate surface area is 185 Å². The molecule has 1 aromatic carbocycles. The van der Waals surface area contributed by atoms with Crippen LogP contribution in [0.3, 0.4) is 0 Å². The summed E-state index contributed by atoms with van der Waals surface area (Å²) in [5, 5.41) is 6.85.